The Kier molecular flexibility index (Phi) is 5.26. The second-order valence-corrected chi connectivity index (χ2v) is 8.27. The molecule has 0 atom stereocenters. The number of nitrogens with zero attached hydrogens (tertiary/aromatic N) is 2. The number of rotatable bonds is 4. The Morgan fingerprint density at radius 2 is 1.69 bits per heavy atom. The van der Waals surface area contributed by atoms with Crippen molar-refractivity contribution in [2.75, 3.05) is 4.72 Å². The van der Waals surface area contributed by atoms with Crippen molar-refractivity contribution in [3.63, 3.8) is 0 Å². The number of anilines is 1. The Balaban J connectivity index is 2.08. The number of alkyl halides is 3. The van der Waals surface area contributed by atoms with E-state index in [1.165, 1.54) is 16.3 Å². The van der Waals surface area contributed by atoms with Crippen LogP contribution < -0.4 is 10.3 Å². The fraction of sp³-hybridized carbons (Fsp3) is 0.167. The van der Waals surface area contributed by atoms with Crippen molar-refractivity contribution in [1.29, 1.82) is 0 Å². The Bertz CT molecular complexity index is 1230. The minimum Gasteiger partial charge on any atom is -0.283 e. The van der Waals surface area contributed by atoms with Gasteiger partial charge < -0.3 is 0 Å². The van der Waals surface area contributed by atoms with Crippen molar-refractivity contribution in [2.24, 2.45) is 7.05 Å². The van der Waals surface area contributed by atoms with E-state index in [-0.39, 0.29) is 11.4 Å². The van der Waals surface area contributed by atoms with E-state index in [4.69, 9.17) is 11.6 Å². The molecule has 0 amide bonds. The fourth-order valence-corrected chi connectivity index (χ4v) is 4.13. The third-order valence-corrected chi connectivity index (χ3v) is 6.02. The molecule has 1 heterocycles. The van der Waals surface area contributed by atoms with Gasteiger partial charge in [0.1, 0.15) is 5.69 Å². The van der Waals surface area contributed by atoms with Crippen molar-refractivity contribution in [2.45, 2.75) is 18.0 Å². The molecule has 0 saturated heterocycles. The van der Waals surface area contributed by atoms with Gasteiger partial charge in [-0.1, -0.05) is 29.8 Å². The zero-order valence-corrected chi connectivity index (χ0v) is 16.7. The summed E-state index contributed by atoms with van der Waals surface area (Å²) >= 11 is 5.54. The van der Waals surface area contributed by atoms with Crippen LogP contribution in [0.1, 0.15) is 11.3 Å². The van der Waals surface area contributed by atoms with E-state index in [0.717, 1.165) is 12.1 Å². The molecule has 0 aliphatic heterocycles. The maximum atomic E-state index is 13.1. The molecule has 11 heteroatoms. The van der Waals surface area contributed by atoms with Gasteiger partial charge >= 0.3 is 6.18 Å². The van der Waals surface area contributed by atoms with Crippen LogP contribution in [0.25, 0.3) is 5.69 Å². The molecule has 0 spiro atoms. The summed E-state index contributed by atoms with van der Waals surface area (Å²) in [6.45, 7) is 1.52. The van der Waals surface area contributed by atoms with Gasteiger partial charge in [0.15, 0.2) is 0 Å². The Morgan fingerprint density at radius 3 is 2.28 bits per heavy atom. The number of nitrogens with one attached hydrogen (secondary N) is 1. The summed E-state index contributed by atoms with van der Waals surface area (Å²) in [5.41, 5.74) is -1.43. The Morgan fingerprint density at radius 1 is 1.07 bits per heavy atom. The maximum Gasteiger partial charge on any atom is 0.417 e. The molecule has 6 nitrogen and oxygen atoms in total. The summed E-state index contributed by atoms with van der Waals surface area (Å²) in [6, 6.07) is 10.7. The number of benzene rings is 2. The largest absolute Gasteiger partial charge is 0.417 e. The first-order chi connectivity index (χ1) is 13.4. The highest BCUT2D eigenvalue weighted by molar-refractivity contribution is 7.92. The van der Waals surface area contributed by atoms with Gasteiger partial charge in [0.25, 0.3) is 15.6 Å². The van der Waals surface area contributed by atoms with Crippen LogP contribution in [-0.4, -0.2) is 17.8 Å². The van der Waals surface area contributed by atoms with Gasteiger partial charge in [-0.2, -0.15) is 13.2 Å². The third-order valence-electron chi connectivity index (χ3n) is 4.34. The highest BCUT2D eigenvalue weighted by Gasteiger charge is 2.35. The number of aromatic nitrogens is 2. The van der Waals surface area contributed by atoms with Gasteiger partial charge in [0, 0.05) is 7.05 Å². The monoisotopic (exact) mass is 445 g/mol. The SMILES string of the molecule is Cc1c(NS(=O)(=O)c2ccc(Cl)c(C(F)(F)F)c2)c(=O)n(-c2ccccc2)n1C. The maximum absolute atomic E-state index is 13.1. The second kappa shape index (κ2) is 7.27. The molecule has 3 aromatic rings. The molecular formula is C18H15ClF3N3O3S. The lowest BCUT2D eigenvalue weighted by molar-refractivity contribution is -0.137. The van der Waals surface area contributed by atoms with Gasteiger partial charge in [-0.3, -0.25) is 14.2 Å². The summed E-state index contributed by atoms with van der Waals surface area (Å²) in [6.07, 6.45) is -4.83. The predicted molar refractivity (Wildman–Crippen MR) is 103 cm³/mol. The van der Waals surface area contributed by atoms with Crippen LogP contribution in [0.2, 0.25) is 5.02 Å². The average Bonchev–Trinajstić information content (AvgIpc) is 2.85. The molecule has 0 bridgehead atoms. The summed E-state index contributed by atoms with van der Waals surface area (Å²) < 4.78 is 69.3. The quantitative estimate of drug-likeness (QED) is 0.660. The molecule has 2 aromatic carbocycles. The van der Waals surface area contributed by atoms with Crippen LogP contribution in [0, 0.1) is 6.92 Å². The van der Waals surface area contributed by atoms with Crippen LogP contribution in [0.15, 0.2) is 58.2 Å². The first-order valence-electron chi connectivity index (χ1n) is 8.17. The second-order valence-electron chi connectivity index (χ2n) is 6.18. The first-order valence-corrected chi connectivity index (χ1v) is 10.0. The van der Waals surface area contributed by atoms with Crippen LogP contribution in [-0.2, 0) is 23.2 Å². The van der Waals surface area contributed by atoms with Crippen LogP contribution >= 0.6 is 11.6 Å². The smallest absolute Gasteiger partial charge is 0.283 e. The highest BCUT2D eigenvalue weighted by atomic mass is 35.5. The van der Waals surface area contributed by atoms with E-state index in [1.807, 2.05) is 0 Å². The molecule has 154 valence electrons. The molecule has 0 aliphatic carbocycles. The third kappa shape index (κ3) is 3.90. The van der Waals surface area contributed by atoms with Crippen molar-refractivity contribution in [3.8, 4) is 5.69 Å². The molecule has 0 aliphatic rings. The molecule has 0 saturated carbocycles. The summed E-state index contributed by atoms with van der Waals surface area (Å²) in [5, 5.41) is -0.626. The minimum atomic E-state index is -4.83. The van der Waals surface area contributed by atoms with Crippen molar-refractivity contribution >= 4 is 27.3 Å². The fourth-order valence-electron chi connectivity index (χ4n) is 2.77. The lowest BCUT2D eigenvalue weighted by Crippen LogP contribution is -2.23. The molecule has 29 heavy (non-hydrogen) atoms. The molecule has 1 N–H and O–H groups in total. The molecule has 0 unspecified atom stereocenters. The lowest BCUT2D eigenvalue weighted by atomic mass is 10.2. The van der Waals surface area contributed by atoms with E-state index in [0.29, 0.717) is 11.8 Å². The zero-order valence-electron chi connectivity index (χ0n) is 15.2. The van der Waals surface area contributed by atoms with E-state index < -0.39 is 37.2 Å². The van der Waals surface area contributed by atoms with Crippen LogP contribution in [0.3, 0.4) is 0 Å². The molecular weight excluding hydrogens is 431 g/mol. The van der Waals surface area contributed by atoms with Crippen molar-refractivity contribution in [1.82, 2.24) is 9.36 Å². The van der Waals surface area contributed by atoms with Gasteiger partial charge in [0.2, 0.25) is 0 Å². The first kappa shape index (κ1) is 21.0. The summed E-state index contributed by atoms with van der Waals surface area (Å²) in [5.74, 6) is 0. The van der Waals surface area contributed by atoms with E-state index in [1.54, 1.807) is 37.4 Å². The number of sulfonamides is 1. The molecule has 0 radical (unpaired) electrons. The van der Waals surface area contributed by atoms with Crippen LogP contribution in [0.5, 0.6) is 0 Å². The molecule has 0 fully saturated rings. The highest BCUT2D eigenvalue weighted by Crippen LogP contribution is 2.36. The lowest BCUT2D eigenvalue weighted by Gasteiger charge is -2.12. The topological polar surface area (TPSA) is 73.1 Å². The minimum absolute atomic E-state index is 0.264. The van der Waals surface area contributed by atoms with Gasteiger partial charge in [0.05, 0.1) is 26.9 Å². The Hall–Kier alpha value is -2.72. The Labute approximate surface area is 169 Å². The summed E-state index contributed by atoms with van der Waals surface area (Å²) in [4.78, 5) is 12.2. The number of para-hydroxylation sites is 1. The van der Waals surface area contributed by atoms with Crippen molar-refractivity contribution < 1.29 is 21.6 Å². The molecule has 1 aromatic heterocycles. The van der Waals surface area contributed by atoms with E-state index >= 15 is 0 Å². The van der Waals surface area contributed by atoms with Crippen LogP contribution in [0.4, 0.5) is 18.9 Å². The number of halogens is 4. The summed E-state index contributed by atoms with van der Waals surface area (Å²) in [7, 11) is -2.92. The number of hydrogen-bond donors (Lipinski definition) is 1. The average molecular weight is 446 g/mol. The van der Waals surface area contributed by atoms with E-state index in [2.05, 4.69) is 4.72 Å². The standard InChI is InChI=1S/C18H15ClF3N3O3S/c1-11-16(17(26)25(24(11)2)12-6-4-3-5-7-12)23-29(27,28)13-8-9-15(19)14(10-13)18(20,21)22/h3-10,23H,1-2H3. The normalized spacial score (nSPS) is 12.2. The van der Waals surface area contributed by atoms with Gasteiger partial charge in [-0.05, 0) is 37.3 Å². The van der Waals surface area contributed by atoms with E-state index in [9.17, 15) is 26.4 Å². The molecule has 3 rings (SSSR count). The zero-order chi connectivity index (χ0) is 21.6. The van der Waals surface area contributed by atoms with Gasteiger partial charge in [-0.15, -0.1) is 0 Å². The van der Waals surface area contributed by atoms with Crippen molar-refractivity contribution in [3.05, 3.63) is 75.2 Å². The van der Waals surface area contributed by atoms with Gasteiger partial charge in [-0.25, -0.2) is 13.1 Å². The predicted octanol–water partition coefficient (Wildman–Crippen LogP) is 3.96. The number of hydrogen-bond acceptors (Lipinski definition) is 3.